The van der Waals surface area contributed by atoms with E-state index in [-0.39, 0.29) is 11.5 Å². The lowest BCUT2D eigenvalue weighted by molar-refractivity contribution is 0.358. The molecule has 2 aliphatic carbocycles. The van der Waals surface area contributed by atoms with Gasteiger partial charge in [0.25, 0.3) is 0 Å². The smallest absolute Gasteiger partial charge is 0.200 e. The molecule has 4 nitrogen and oxygen atoms in total. The Bertz CT molecular complexity index is 455. The van der Waals surface area contributed by atoms with Crippen LogP contribution >= 0.6 is 0 Å². The minimum absolute atomic E-state index is 0.220. The van der Waals surface area contributed by atoms with E-state index in [0.717, 1.165) is 24.3 Å². The fourth-order valence-electron chi connectivity index (χ4n) is 2.89. The molecule has 19 heavy (non-hydrogen) atoms. The molecule has 0 heterocycles. The maximum Gasteiger partial charge on any atom is 0.200 e. The van der Waals surface area contributed by atoms with Crippen molar-refractivity contribution >= 4 is 0 Å². The lowest BCUT2D eigenvalue weighted by Gasteiger charge is -2.16. The van der Waals surface area contributed by atoms with Crippen molar-refractivity contribution in [3.05, 3.63) is 17.7 Å². The van der Waals surface area contributed by atoms with E-state index in [0.29, 0.717) is 12.1 Å². The Hall–Kier alpha value is -1.42. The van der Waals surface area contributed by atoms with Gasteiger partial charge in [0, 0.05) is 12.1 Å². The Morgan fingerprint density at radius 1 is 1.00 bits per heavy atom. The second-order valence-electron chi connectivity index (χ2n) is 5.91. The summed E-state index contributed by atoms with van der Waals surface area (Å²) in [6, 6.07) is 3.05. The molecule has 1 aromatic rings. The summed E-state index contributed by atoms with van der Waals surface area (Å²) < 4.78 is 0. The van der Waals surface area contributed by atoms with Crippen LogP contribution in [0.3, 0.4) is 0 Å². The van der Waals surface area contributed by atoms with Crippen LogP contribution in [0.4, 0.5) is 0 Å². The van der Waals surface area contributed by atoms with Gasteiger partial charge in [-0.1, -0.05) is 6.07 Å². The molecule has 0 aliphatic heterocycles. The van der Waals surface area contributed by atoms with Crippen LogP contribution in [-0.2, 0) is 6.54 Å². The fourth-order valence-corrected chi connectivity index (χ4v) is 2.89. The van der Waals surface area contributed by atoms with E-state index in [4.69, 9.17) is 0 Å². The Kier molecular flexibility index (Phi) is 3.27. The van der Waals surface area contributed by atoms with Crippen molar-refractivity contribution in [3.63, 3.8) is 0 Å². The first-order valence-electron chi connectivity index (χ1n) is 7.10. The zero-order valence-electron chi connectivity index (χ0n) is 11.0. The molecule has 0 aromatic heterocycles. The summed E-state index contributed by atoms with van der Waals surface area (Å²) in [6.07, 6.45) is 5.48. The number of phenolic OH excluding ortho intramolecular Hbond substituents is 3. The maximum absolute atomic E-state index is 9.74. The Labute approximate surface area is 113 Å². The zero-order valence-corrected chi connectivity index (χ0v) is 11.0. The number of benzene rings is 1. The molecular formula is C15H21NO3. The Balaban J connectivity index is 1.55. The van der Waals surface area contributed by atoms with E-state index in [1.807, 2.05) is 0 Å². The van der Waals surface area contributed by atoms with Crippen molar-refractivity contribution in [2.45, 2.75) is 32.2 Å². The molecule has 2 aliphatic rings. The van der Waals surface area contributed by atoms with E-state index >= 15 is 0 Å². The third kappa shape index (κ3) is 2.78. The van der Waals surface area contributed by atoms with E-state index in [9.17, 15) is 15.3 Å². The summed E-state index contributed by atoms with van der Waals surface area (Å²) in [4.78, 5) is 0. The molecule has 2 fully saturated rings. The molecule has 2 saturated carbocycles. The van der Waals surface area contributed by atoms with Crippen molar-refractivity contribution in [2.24, 2.45) is 17.8 Å². The Morgan fingerprint density at radius 2 is 1.63 bits per heavy atom. The van der Waals surface area contributed by atoms with Crippen LogP contribution in [0.15, 0.2) is 12.1 Å². The number of rotatable bonds is 6. The molecule has 4 N–H and O–H groups in total. The normalized spacial score (nSPS) is 19.0. The highest BCUT2D eigenvalue weighted by molar-refractivity contribution is 5.52. The molecular weight excluding hydrogens is 242 g/mol. The monoisotopic (exact) mass is 263 g/mol. The van der Waals surface area contributed by atoms with Crippen LogP contribution in [0.25, 0.3) is 0 Å². The number of phenols is 3. The summed E-state index contributed by atoms with van der Waals surface area (Å²) in [5, 5.41) is 31.9. The van der Waals surface area contributed by atoms with Crippen molar-refractivity contribution < 1.29 is 15.3 Å². The number of hydrogen-bond acceptors (Lipinski definition) is 4. The van der Waals surface area contributed by atoms with E-state index in [1.54, 1.807) is 6.07 Å². The summed E-state index contributed by atoms with van der Waals surface area (Å²) in [7, 11) is 0. The predicted octanol–water partition coefficient (Wildman–Crippen LogP) is 2.33. The molecule has 104 valence electrons. The van der Waals surface area contributed by atoms with Crippen molar-refractivity contribution in [1.29, 1.82) is 0 Å². The van der Waals surface area contributed by atoms with Crippen LogP contribution in [0.1, 0.15) is 31.2 Å². The van der Waals surface area contributed by atoms with Crippen LogP contribution in [0.5, 0.6) is 17.2 Å². The third-order valence-electron chi connectivity index (χ3n) is 4.36. The first-order chi connectivity index (χ1) is 9.16. The quantitative estimate of drug-likeness (QED) is 0.594. The number of aromatic hydroxyl groups is 3. The molecule has 0 bridgehead atoms. The minimum atomic E-state index is -0.430. The van der Waals surface area contributed by atoms with Crippen LogP contribution in [0, 0.1) is 17.8 Å². The van der Waals surface area contributed by atoms with Crippen LogP contribution in [-0.4, -0.2) is 21.9 Å². The molecule has 3 rings (SSSR count). The minimum Gasteiger partial charge on any atom is -0.504 e. The van der Waals surface area contributed by atoms with E-state index in [2.05, 4.69) is 5.32 Å². The van der Waals surface area contributed by atoms with Gasteiger partial charge in [0.1, 0.15) is 0 Å². The third-order valence-corrected chi connectivity index (χ3v) is 4.36. The van der Waals surface area contributed by atoms with Crippen molar-refractivity contribution in [2.75, 3.05) is 6.54 Å². The SMILES string of the molecule is Oc1ccc(CNCC(C2CC2)C2CC2)c(O)c1O. The molecule has 0 saturated heterocycles. The lowest BCUT2D eigenvalue weighted by atomic mass is 9.98. The number of hydrogen-bond donors (Lipinski definition) is 4. The van der Waals surface area contributed by atoms with Gasteiger partial charge in [0.05, 0.1) is 0 Å². The second-order valence-corrected chi connectivity index (χ2v) is 5.91. The molecule has 1 aromatic carbocycles. The van der Waals surface area contributed by atoms with Gasteiger partial charge in [0.15, 0.2) is 11.5 Å². The van der Waals surface area contributed by atoms with Gasteiger partial charge in [-0.25, -0.2) is 0 Å². The molecule has 0 unspecified atom stereocenters. The standard InChI is InChI=1S/C15H21NO3/c17-13-6-5-11(14(18)15(13)19)7-16-8-12(9-1-2-9)10-3-4-10/h5-6,9-10,12,16-19H,1-4,7-8H2. The van der Waals surface area contributed by atoms with Gasteiger partial charge in [-0.3, -0.25) is 0 Å². The van der Waals surface area contributed by atoms with Gasteiger partial charge in [-0.15, -0.1) is 0 Å². The van der Waals surface area contributed by atoms with Gasteiger partial charge in [-0.2, -0.15) is 0 Å². The highest BCUT2D eigenvalue weighted by atomic mass is 16.3. The van der Waals surface area contributed by atoms with Crippen molar-refractivity contribution in [3.8, 4) is 17.2 Å². The first kappa shape index (κ1) is 12.6. The molecule has 0 radical (unpaired) electrons. The summed E-state index contributed by atoms with van der Waals surface area (Å²) in [6.45, 7) is 1.51. The fraction of sp³-hybridized carbons (Fsp3) is 0.600. The highest BCUT2D eigenvalue weighted by Gasteiger charge is 2.40. The average Bonchev–Trinajstić information content (AvgIpc) is 3.27. The summed E-state index contributed by atoms with van der Waals surface area (Å²) in [5.74, 6) is 1.66. The van der Waals surface area contributed by atoms with Crippen molar-refractivity contribution in [1.82, 2.24) is 5.32 Å². The topological polar surface area (TPSA) is 72.7 Å². The highest BCUT2D eigenvalue weighted by Crippen LogP contribution is 2.48. The number of nitrogens with one attached hydrogen (secondary N) is 1. The summed E-state index contributed by atoms with van der Waals surface area (Å²) in [5.41, 5.74) is 0.626. The van der Waals surface area contributed by atoms with Gasteiger partial charge in [0.2, 0.25) is 5.75 Å². The molecule has 0 amide bonds. The lowest BCUT2D eigenvalue weighted by Crippen LogP contribution is -2.25. The van der Waals surface area contributed by atoms with E-state index < -0.39 is 5.75 Å². The van der Waals surface area contributed by atoms with Crippen LogP contribution in [0.2, 0.25) is 0 Å². The van der Waals surface area contributed by atoms with Gasteiger partial charge in [-0.05, 0) is 56.0 Å². The second kappa shape index (κ2) is 4.93. The zero-order chi connectivity index (χ0) is 13.4. The molecule has 0 spiro atoms. The Morgan fingerprint density at radius 3 is 2.21 bits per heavy atom. The maximum atomic E-state index is 9.74. The predicted molar refractivity (Wildman–Crippen MR) is 72.1 cm³/mol. The molecule has 4 heteroatoms. The summed E-state index contributed by atoms with van der Waals surface area (Å²) >= 11 is 0. The van der Waals surface area contributed by atoms with Crippen LogP contribution < -0.4 is 5.32 Å². The van der Waals surface area contributed by atoms with E-state index in [1.165, 1.54) is 31.7 Å². The van der Waals surface area contributed by atoms with Gasteiger partial charge >= 0.3 is 0 Å². The average molecular weight is 263 g/mol. The first-order valence-corrected chi connectivity index (χ1v) is 7.10. The van der Waals surface area contributed by atoms with Gasteiger partial charge < -0.3 is 20.6 Å². The molecule has 0 atom stereocenters. The largest absolute Gasteiger partial charge is 0.504 e.